The van der Waals surface area contributed by atoms with E-state index in [1.165, 1.54) is 0 Å². The molecule has 1 amide bonds. The molecule has 0 saturated heterocycles. The van der Waals surface area contributed by atoms with Crippen molar-refractivity contribution in [1.82, 2.24) is 5.32 Å². The molecule has 0 aromatic heterocycles. The number of aliphatic hydroxyl groups is 1. The number of rotatable bonds is 6. The molecule has 2 unspecified atom stereocenters. The van der Waals surface area contributed by atoms with Gasteiger partial charge in [-0.15, -0.1) is 0 Å². The zero-order valence-corrected chi connectivity index (χ0v) is 12.7. The third-order valence-electron chi connectivity index (χ3n) is 3.09. The number of nitrogens with one attached hydrogen (secondary N) is 1. The maximum absolute atomic E-state index is 11.9. The minimum atomic E-state index is -1.28. The molecule has 1 aromatic carbocycles. The Labute approximate surface area is 125 Å². The average Bonchev–Trinajstić information content (AvgIpc) is 2.41. The average molecular weight is 293 g/mol. The van der Waals surface area contributed by atoms with E-state index in [4.69, 9.17) is 0 Å². The van der Waals surface area contributed by atoms with Crippen LogP contribution in [-0.4, -0.2) is 28.6 Å². The Balaban J connectivity index is 2.59. The van der Waals surface area contributed by atoms with Crippen LogP contribution in [0.4, 0.5) is 0 Å². The van der Waals surface area contributed by atoms with Gasteiger partial charge in [0.2, 0.25) is 0 Å². The third-order valence-corrected chi connectivity index (χ3v) is 3.09. The van der Waals surface area contributed by atoms with Crippen LogP contribution < -0.4 is 5.32 Å². The second-order valence-electron chi connectivity index (χ2n) is 6.36. The minimum absolute atomic E-state index is 0.00926. The van der Waals surface area contributed by atoms with Crippen molar-refractivity contribution in [2.75, 3.05) is 6.54 Å². The molecule has 5 nitrogen and oxygen atoms in total. The van der Waals surface area contributed by atoms with Crippen molar-refractivity contribution in [3.05, 3.63) is 35.9 Å². The van der Waals surface area contributed by atoms with Gasteiger partial charge >= 0.3 is 5.97 Å². The number of carboxylic acid groups (broad SMARTS) is 1. The van der Waals surface area contributed by atoms with Crippen molar-refractivity contribution in [1.29, 1.82) is 0 Å². The van der Waals surface area contributed by atoms with Crippen LogP contribution in [0.1, 0.15) is 38.9 Å². The summed E-state index contributed by atoms with van der Waals surface area (Å²) in [5.74, 6) is -2.20. The molecule has 0 bridgehead atoms. The lowest BCUT2D eigenvalue weighted by Crippen LogP contribution is -2.37. The molecule has 116 valence electrons. The maximum Gasteiger partial charge on any atom is 0.308 e. The quantitative estimate of drug-likeness (QED) is 0.748. The third kappa shape index (κ3) is 5.95. The van der Waals surface area contributed by atoms with Crippen LogP contribution in [-0.2, 0) is 9.59 Å². The Morgan fingerprint density at radius 1 is 1.19 bits per heavy atom. The zero-order valence-electron chi connectivity index (χ0n) is 12.7. The topological polar surface area (TPSA) is 86.6 Å². The number of amides is 1. The summed E-state index contributed by atoms with van der Waals surface area (Å²) in [6.07, 6.45) is -0.834. The summed E-state index contributed by atoms with van der Waals surface area (Å²) in [6, 6.07) is 8.54. The predicted molar refractivity (Wildman–Crippen MR) is 79.6 cm³/mol. The molecule has 0 aliphatic heterocycles. The molecule has 21 heavy (non-hydrogen) atoms. The summed E-state index contributed by atoms with van der Waals surface area (Å²) in [6.45, 7) is 5.85. The lowest BCUT2D eigenvalue weighted by atomic mass is 9.84. The lowest BCUT2D eigenvalue weighted by molar-refractivity contribution is -0.143. The van der Waals surface area contributed by atoms with Crippen LogP contribution in [0.3, 0.4) is 0 Å². The predicted octanol–water partition coefficient (Wildman–Crippen LogP) is 1.97. The Kier molecular flexibility index (Phi) is 5.90. The van der Waals surface area contributed by atoms with Gasteiger partial charge < -0.3 is 15.5 Å². The second kappa shape index (κ2) is 7.22. The monoisotopic (exact) mass is 293 g/mol. The summed E-state index contributed by atoms with van der Waals surface area (Å²) in [5.41, 5.74) is 0.337. The van der Waals surface area contributed by atoms with Crippen molar-refractivity contribution in [2.45, 2.75) is 33.3 Å². The van der Waals surface area contributed by atoms with E-state index in [0.29, 0.717) is 12.0 Å². The number of carbonyl (C=O) groups is 2. The number of hydrogen-bond donors (Lipinski definition) is 3. The first-order valence-corrected chi connectivity index (χ1v) is 6.94. The van der Waals surface area contributed by atoms with Crippen molar-refractivity contribution < 1.29 is 19.8 Å². The Morgan fingerprint density at radius 3 is 2.24 bits per heavy atom. The Morgan fingerprint density at radius 2 is 1.76 bits per heavy atom. The molecule has 3 N–H and O–H groups in total. The van der Waals surface area contributed by atoms with Gasteiger partial charge in [-0.25, -0.2) is 0 Å². The highest BCUT2D eigenvalue weighted by Gasteiger charge is 2.26. The van der Waals surface area contributed by atoms with E-state index in [2.05, 4.69) is 5.32 Å². The molecule has 1 aromatic rings. The summed E-state index contributed by atoms with van der Waals surface area (Å²) >= 11 is 0. The molecule has 0 spiro atoms. The first kappa shape index (κ1) is 17.2. The first-order chi connectivity index (χ1) is 9.70. The van der Waals surface area contributed by atoms with Crippen molar-refractivity contribution in [3.8, 4) is 0 Å². The smallest absolute Gasteiger partial charge is 0.308 e. The van der Waals surface area contributed by atoms with Crippen LogP contribution in [0.15, 0.2) is 30.3 Å². The van der Waals surface area contributed by atoms with E-state index < -0.39 is 23.9 Å². The number of hydrogen-bond acceptors (Lipinski definition) is 3. The summed E-state index contributed by atoms with van der Waals surface area (Å²) in [5, 5.41) is 21.6. The molecular formula is C16H23NO4. The van der Waals surface area contributed by atoms with Crippen LogP contribution in [0.2, 0.25) is 0 Å². The summed E-state index contributed by atoms with van der Waals surface area (Å²) < 4.78 is 0. The van der Waals surface area contributed by atoms with Crippen molar-refractivity contribution >= 4 is 11.9 Å². The highest BCUT2D eigenvalue weighted by Crippen LogP contribution is 2.24. The van der Waals surface area contributed by atoms with Crippen LogP contribution in [0.5, 0.6) is 0 Å². The van der Waals surface area contributed by atoms with Gasteiger partial charge in [0.25, 0.3) is 5.91 Å². The van der Waals surface area contributed by atoms with E-state index in [-0.39, 0.29) is 12.0 Å². The number of carboxylic acids is 1. The normalized spacial score (nSPS) is 14.3. The molecule has 0 saturated carbocycles. The van der Waals surface area contributed by atoms with Crippen LogP contribution >= 0.6 is 0 Å². The van der Waals surface area contributed by atoms with Gasteiger partial charge in [-0.2, -0.15) is 0 Å². The molecule has 0 heterocycles. The van der Waals surface area contributed by atoms with E-state index in [0.717, 1.165) is 0 Å². The van der Waals surface area contributed by atoms with E-state index in [1.807, 2.05) is 20.8 Å². The standard InChI is InChI=1S/C16H23NO4/c1-16(2,3)9-12(15(20)21)10-17-14(19)13(18)11-7-5-4-6-8-11/h4-8,12-13,18H,9-10H2,1-3H3,(H,17,19)(H,20,21). The van der Waals surface area contributed by atoms with E-state index in [1.54, 1.807) is 30.3 Å². The highest BCUT2D eigenvalue weighted by molar-refractivity contribution is 5.82. The Bertz CT molecular complexity index is 479. The fourth-order valence-corrected chi connectivity index (χ4v) is 2.09. The van der Waals surface area contributed by atoms with Crippen LogP contribution in [0.25, 0.3) is 0 Å². The molecule has 0 aliphatic carbocycles. The summed E-state index contributed by atoms with van der Waals surface area (Å²) in [4.78, 5) is 23.1. The van der Waals surface area contributed by atoms with E-state index in [9.17, 15) is 19.8 Å². The lowest BCUT2D eigenvalue weighted by Gasteiger charge is -2.23. The number of carbonyl (C=O) groups excluding carboxylic acids is 1. The van der Waals surface area contributed by atoms with Crippen LogP contribution in [0, 0.1) is 11.3 Å². The van der Waals surface area contributed by atoms with Crippen molar-refractivity contribution in [3.63, 3.8) is 0 Å². The van der Waals surface area contributed by atoms with Gasteiger partial charge in [0, 0.05) is 6.54 Å². The van der Waals surface area contributed by atoms with Crippen molar-refractivity contribution in [2.24, 2.45) is 11.3 Å². The summed E-state index contributed by atoms with van der Waals surface area (Å²) in [7, 11) is 0. The van der Waals surface area contributed by atoms with Gasteiger partial charge in [0.05, 0.1) is 5.92 Å². The fraction of sp³-hybridized carbons (Fsp3) is 0.500. The minimum Gasteiger partial charge on any atom is -0.481 e. The molecule has 0 aliphatic rings. The first-order valence-electron chi connectivity index (χ1n) is 6.94. The molecule has 0 fully saturated rings. The largest absolute Gasteiger partial charge is 0.481 e. The molecule has 0 radical (unpaired) electrons. The fourth-order valence-electron chi connectivity index (χ4n) is 2.09. The van der Waals surface area contributed by atoms with Gasteiger partial charge in [-0.3, -0.25) is 9.59 Å². The molecule has 1 rings (SSSR count). The SMILES string of the molecule is CC(C)(C)CC(CNC(=O)C(O)c1ccccc1)C(=O)O. The van der Waals surface area contributed by atoms with E-state index >= 15 is 0 Å². The van der Waals surface area contributed by atoms with Gasteiger partial charge in [0.1, 0.15) is 0 Å². The zero-order chi connectivity index (χ0) is 16.0. The molecule has 5 heteroatoms. The second-order valence-corrected chi connectivity index (χ2v) is 6.36. The Hall–Kier alpha value is -1.88. The molecule has 2 atom stereocenters. The number of benzene rings is 1. The number of aliphatic hydroxyl groups excluding tert-OH is 1. The van der Waals surface area contributed by atoms with Gasteiger partial charge in [0.15, 0.2) is 6.10 Å². The van der Waals surface area contributed by atoms with Gasteiger partial charge in [-0.1, -0.05) is 51.1 Å². The highest BCUT2D eigenvalue weighted by atomic mass is 16.4. The van der Waals surface area contributed by atoms with Gasteiger partial charge in [-0.05, 0) is 17.4 Å². The number of aliphatic carboxylic acids is 1. The maximum atomic E-state index is 11.9. The molecular weight excluding hydrogens is 270 g/mol.